The fourth-order valence-corrected chi connectivity index (χ4v) is 3.99. The zero-order valence-corrected chi connectivity index (χ0v) is 10.7. The standard InChI is InChI=1S/C13H15NS2/c1-2-12(9-15-6-1)14-11-3-4-13-10(8-11)5-7-16-13/h3-5,7-8,12,14H,1-2,6,9H2. The number of hydrogen-bond acceptors (Lipinski definition) is 3. The summed E-state index contributed by atoms with van der Waals surface area (Å²) in [7, 11) is 0. The van der Waals surface area contributed by atoms with Gasteiger partial charge in [-0.3, -0.25) is 0 Å². The minimum atomic E-state index is 0.662. The molecule has 1 fully saturated rings. The molecule has 1 N–H and O–H groups in total. The lowest BCUT2D eigenvalue weighted by molar-refractivity contribution is 0.685. The van der Waals surface area contributed by atoms with E-state index < -0.39 is 0 Å². The van der Waals surface area contributed by atoms with E-state index in [-0.39, 0.29) is 0 Å². The van der Waals surface area contributed by atoms with E-state index in [1.807, 2.05) is 11.3 Å². The van der Waals surface area contributed by atoms with Gasteiger partial charge in [-0.2, -0.15) is 11.8 Å². The van der Waals surface area contributed by atoms with Gasteiger partial charge in [0.15, 0.2) is 0 Å². The molecule has 0 spiro atoms. The van der Waals surface area contributed by atoms with Crippen molar-refractivity contribution in [2.24, 2.45) is 0 Å². The van der Waals surface area contributed by atoms with Crippen LogP contribution in [0.25, 0.3) is 10.1 Å². The Labute approximate surface area is 104 Å². The van der Waals surface area contributed by atoms with Crippen molar-refractivity contribution in [1.29, 1.82) is 0 Å². The normalized spacial score (nSPS) is 21.1. The summed E-state index contributed by atoms with van der Waals surface area (Å²) >= 11 is 3.88. The Hall–Kier alpha value is -0.670. The summed E-state index contributed by atoms with van der Waals surface area (Å²) < 4.78 is 1.38. The molecule has 1 aliphatic heterocycles. The molecule has 84 valence electrons. The maximum Gasteiger partial charge on any atom is 0.0352 e. The summed E-state index contributed by atoms with van der Waals surface area (Å²) in [6.45, 7) is 0. The molecule has 0 bridgehead atoms. The fraction of sp³-hybridized carbons (Fsp3) is 0.385. The van der Waals surface area contributed by atoms with E-state index in [9.17, 15) is 0 Å². The second-order valence-electron chi connectivity index (χ2n) is 4.23. The highest BCUT2D eigenvalue weighted by atomic mass is 32.2. The predicted molar refractivity (Wildman–Crippen MR) is 75.8 cm³/mol. The van der Waals surface area contributed by atoms with Crippen LogP contribution in [0, 0.1) is 0 Å². The van der Waals surface area contributed by atoms with E-state index in [0.29, 0.717) is 6.04 Å². The number of hydrogen-bond donors (Lipinski definition) is 1. The van der Waals surface area contributed by atoms with Gasteiger partial charge in [-0.1, -0.05) is 0 Å². The van der Waals surface area contributed by atoms with Crippen molar-refractivity contribution >= 4 is 38.9 Å². The second-order valence-corrected chi connectivity index (χ2v) is 6.33. The summed E-state index contributed by atoms with van der Waals surface area (Å²) in [5, 5.41) is 7.16. The van der Waals surface area contributed by atoms with Gasteiger partial charge in [0.2, 0.25) is 0 Å². The molecular weight excluding hydrogens is 234 g/mol. The topological polar surface area (TPSA) is 12.0 Å². The third-order valence-electron chi connectivity index (χ3n) is 2.98. The predicted octanol–water partition coefficient (Wildman–Crippen LogP) is 4.21. The van der Waals surface area contributed by atoms with Crippen LogP contribution in [-0.2, 0) is 0 Å². The van der Waals surface area contributed by atoms with Crippen molar-refractivity contribution in [2.75, 3.05) is 16.8 Å². The maximum absolute atomic E-state index is 3.65. The number of thioether (sulfide) groups is 1. The van der Waals surface area contributed by atoms with Crippen LogP contribution in [-0.4, -0.2) is 17.5 Å². The van der Waals surface area contributed by atoms with Gasteiger partial charge in [-0.05, 0) is 53.6 Å². The molecule has 2 heterocycles. The minimum absolute atomic E-state index is 0.662. The van der Waals surface area contributed by atoms with E-state index in [4.69, 9.17) is 0 Å². The number of benzene rings is 1. The highest BCUT2D eigenvalue weighted by molar-refractivity contribution is 7.99. The van der Waals surface area contributed by atoms with E-state index in [0.717, 1.165) is 0 Å². The molecule has 3 heteroatoms. The molecule has 0 saturated carbocycles. The molecule has 1 saturated heterocycles. The van der Waals surface area contributed by atoms with E-state index in [1.54, 1.807) is 0 Å². The van der Waals surface area contributed by atoms with Crippen LogP contribution >= 0.6 is 23.1 Å². The summed E-state index contributed by atoms with van der Waals surface area (Å²) in [6, 6.07) is 9.55. The van der Waals surface area contributed by atoms with Gasteiger partial charge in [-0.25, -0.2) is 0 Å². The number of rotatable bonds is 2. The van der Waals surface area contributed by atoms with E-state index in [2.05, 4.69) is 46.7 Å². The first-order valence-corrected chi connectivity index (χ1v) is 7.77. The van der Waals surface area contributed by atoms with Crippen LogP contribution < -0.4 is 5.32 Å². The number of thiophene rings is 1. The Morgan fingerprint density at radius 1 is 1.25 bits per heavy atom. The van der Waals surface area contributed by atoms with Crippen LogP contribution in [0.4, 0.5) is 5.69 Å². The lowest BCUT2D eigenvalue weighted by Gasteiger charge is -2.23. The maximum atomic E-state index is 3.65. The van der Waals surface area contributed by atoms with Crippen LogP contribution in [0.1, 0.15) is 12.8 Å². The van der Waals surface area contributed by atoms with Crippen molar-refractivity contribution in [3.05, 3.63) is 29.6 Å². The number of nitrogens with one attached hydrogen (secondary N) is 1. The molecule has 0 radical (unpaired) electrons. The Bertz CT molecular complexity index is 471. The van der Waals surface area contributed by atoms with Crippen LogP contribution in [0.5, 0.6) is 0 Å². The first-order chi connectivity index (χ1) is 7.92. The quantitative estimate of drug-likeness (QED) is 0.855. The van der Waals surface area contributed by atoms with Gasteiger partial charge in [0.1, 0.15) is 0 Å². The first kappa shape index (κ1) is 10.5. The van der Waals surface area contributed by atoms with Gasteiger partial charge in [0.05, 0.1) is 0 Å². The van der Waals surface area contributed by atoms with Crippen molar-refractivity contribution in [2.45, 2.75) is 18.9 Å². The summed E-state index contributed by atoms with van der Waals surface area (Å²) in [4.78, 5) is 0. The molecule has 1 nitrogen and oxygen atoms in total. The molecular formula is C13H15NS2. The smallest absolute Gasteiger partial charge is 0.0352 e. The van der Waals surface area contributed by atoms with Crippen molar-refractivity contribution in [1.82, 2.24) is 0 Å². The molecule has 1 aromatic carbocycles. The average Bonchev–Trinajstić information content (AvgIpc) is 2.77. The zero-order valence-electron chi connectivity index (χ0n) is 9.11. The molecule has 1 aliphatic rings. The first-order valence-electron chi connectivity index (χ1n) is 5.73. The highest BCUT2D eigenvalue weighted by Gasteiger charge is 2.13. The van der Waals surface area contributed by atoms with Crippen LogP contribution in [0.3, 0.4) is 0 Å². The second kappa shape index (κ2) is 4.68. The highest BCUT2D eigenvalue weighted by Crippen LogP contribution is 2.26. The van der Waals surface area contributed by atoms with Gasteiger partial charge < -0.3 is 5.32 Å². The van der Waals surface area contributed by atoms with E-state index >= 15 is 0 Å². The molecule has 1 unspecified atom stereocenters. The van der Waals surface area contributed by atoms with Gasteiger partial charge >= 0.3 is 0 Å². The molecule has 0 aliphatic carbocycles. The van der Waals surface area contributed by atoms with Crippen LogP contribution in [0.15, 0.2) is 29.6 Å². The molecule has 1 aromatic heterocycles. The third kappa shape index (κ3) is 2.20. The van der Waals surface area contributed by atoms with Gasteiger partial charge in [0.25, 0.3) is 0 Å². The molecule has 1 atom stereocenters. The van der Waals surface area contributed by atoms with Crippen molar-refractivity contribution in [3.63, 3.8) is 0 Å². The SMILES string of the molecule is c1cc2cc(NC3CCCSC3)ccc2s1. The third-order valence-corrected chi connectivity index (χ3v) is 5.10. The lowest BCUT2D eigenvalue weighted by Crippen LogP contribution is -2.25. The Kier molecular flexibility index (Phi) is 3.06. The summed E-state index contributed by atoms with van der Waals surface area (Å²) in [5.41, 5.74) is 1.28. The molecule has 3 rings (SSSR count). The van der Waals surface area contributed by atoms with Crippen LogP contribution in [0.2, 0.25) is 0 Å². The average molecular weight is 249 g/mol. The number of fused-ring (bicyclic) bond motifs is 1. The number of anilines is 1. The monoisotopic (exact) mass is 249 g/mol. The summed E-state index contributed by atoms with van der Waals surface area (Å²) in [6.07, 6.45) is 2.66. The molecule has 0 amide bonds. The van der Waals surface area contributed by atoms with Crippen molar-refractivity contribution < 1.29 is 0 Å². The van der Waals surface area contributed by atoms with E-state index in [1.165, 1.54) is 40.1 Å². The zero-order chi connectivity index (χ0) is 10.8. The minimum Gasteiger partial charge on any atom is -0.381 e. The Balaban J connectivity index is 1.77. The Morgan fingerprint density at radius 3 is 3.12 bits per heavy atom. The fourth-order valence-electron chi connectivity index (χ4n) is 2.15. The molecule has 16 heavy (non-hydrogen) atoms. The Morgan fingerprint density at radius 2 is 2.25 bits per heavy atom. The molecule has 2 aromatic rings. The van der Waals surface area contributed by atoms with Gasteiger partial charge in [-0.15, -0.1) is 11.3 Å². The van der Waals surface area contributed by atoms with Crippen molar-refractivity contribution in [3.8, 4) is 0 Å². The largest absolute Gasteiger partial charge is 0.381 e. The summed E-state index contributed by atoms with van der Waals surface area (Å²) in [5.74, 6) is 2.59. The van der Waals surface area contributed by atoms with Gasteiger partial charge in [0, 0.05) is 22.2 Å². The lowest BCUT2D eigenvalue weighted by atomic mass is 10.1.